The Morgan fingerprint density at radius 3 is 2.29 bits per heavy atom. The second-order valence-electron chi connectivity index (χ2n) is 2.48. The van der Waals surface area contributed by atoms with Crippen molar-refractivity contribution in [2.75, 3.05) is 0 Å². The summed E-state index contributed by atoms with van der Waals surface area (Å²) in [5, 5.41) is 2.64. The Kier molecular flexibility index (Phi) is 3.07. The van der Waals surface area contributed by atoms with Gasteiger partial charge in [-0.25, -0.2) is 9.97 Å². The minimum Gasteiger partial charge on any atom is -0.216 e. The smallest absolute Gasteiger partial charge is 0.163 e. The summed E-state index contributed by atoms with van der Waals surface area (Å²) in [5.74, 6) is 0.546. The van der Waals surface area contributed by atoms with E-state index in [1.54, 1.807) is 11.3 Å². The van der Waals surface area contributed by atoms with Crippen molar-refractivity contribution >= 4 is 50.5 Å². The van der Waals surface area contributed by atoms with Crippen molar-refractivity contribution in [2.45, 2.75) is 0 Å². The van der Waals surface area contributed by atoms with Crippen LogP contribution >= 0.6 is 50.5 Å². The number of thiophene rings is 1. The Balaban J connectivity index is 2.51. The topological polar surface area (TPSA) is 25.8 Å². The number of hydrogen-bond acceptors (Lipinski definition) is 3. The molecule has 0 aliphatic heterocycles. The molecule has 2 nitrogen and oxygen atoms in total. The first kappa shape index (κ1) is 10.4. The Hall–Kier alpha value is -0.160. The van der Waals surface area contributed by atoms with Gasteiger partial charge in [0.25, 0.3) is 0 Å². The zero-order valence-corrected chi connectivity index (χ0v) is 10.6. The highest BCUT2D eigenvalue weighted by Crippen LogP contribution is 2.28. The number of nitrogens with zero attached hydrogens (tertiary/aromatic N) is 2. The second kappa shape index (κ2) is 4.14. The molecule has 0 radical (unpaired) electrons. The molecule has 6 heteroatoms. The molecule has 72 valence electrons. The maximum absolute atomic E-state index is 5.76. The Morgan fingerprint density at radius 1 is 1.14 bits per heavy atom. The van der Waals surface area contributed by atoms with E-state index in [2.05, 4.69) is 25.9 Å². The Morgan fingerprint density at radius 2 is 1.79 bits per heavy atom. The van der Waals surface area contributed by atoms with E-state index in [9.17, 15) is 0 Å². The van der Waals surface area contributed by atoms with Gasteiger partial charge in [-0.15, -0.1) is 11.3 Å². The third-order valence-corrected chi connectivity index (χ3v) is 3.38. The van der Waals surface area contributed by atoms with E-state index in [1.165, 1.54) is 6.07 Å². The van der Waals surface area contributed by atoms with Gasteiger partial charge >= 0.3 is 0 Å². The van der Waals surface area contributed by atoms with Crippen molar-refractivity contribution in [3.63, 3.8) is 0 Å². The maximum atomic E-state index is 5.76. The fourth-order valence-corrected chi connectivity index (χ4v) is 2.50. The number of halogens is 3. The molecule has 0 fully saturated rings. The maximum Gasteiger partial charge on any atom is 0.163 e. The van der Waals surface area contributed by atoms with Crippen molar-refractivity contribution in [3.05, 3.63) is 31.6 Å². The van der Waals surface area contributed by atoms with Crippen LogP contribution in [0.4, 0.5) is 0 Å². The molecule has 0 amide bonds. The molecular weight excluding hydrogens is 307 g/mol. The monoisotopic (exact) mass is 308 g/mol. The highest BCUT2D eigenvalue weighted by Gasteiger charge is 2.06. The largest absolute Gasteiger partial charge is 0.216 e. The van der Waals surface area contributed by atoms with Crippen LogP contribution in [0.2, 0.25) is 10.3 Å². The fraction of sp³-hybridized carbons (Fsp3) is 0. The minimum atomic E-state index is 0.349. The van der Waals surface area contributed by atoms with Gasteiger partial charge in [0, 0.05) is 17.0 Å². The molecule has 0 aromatic carbocycles. The van der Waals surface area contributed by atoms with Crippen LogP contribution in [-0.2, 0) is 0 Å². The van der Waals surface area contributed by atoms with E-state index in [-0.39, 0.29) is 0 Å². The highest BCUT2D eigenvalue weighted by molar-refractivity contribution is 9.11. The summed E-state index contributed by atoms with van der Waals surface area (Å²) in [7, 11) is 0. The second-order valence-corrected chi connectivity index (χ2v) is 5.54. The number of aromatic nitrogens is 2. The van der Waals surface area contributed by atoms with Crippen LogP contribution in [0.15, 0.2) is 21.3 Å². The van der Waals surface area contributed by atoms with E-state index < -0.39 is 0 Å². The predicted octanol–water partition coefficient (Wildman–Crippen LogP) is 4.27. The van der Waals surface area contributed by atoms with Gasteiger partial charge in [-0.05, 0) is 22.0 Å². The zero-order valence-electron chi connectivity index (χ0n) is 6.67. The van der Waals surface area contributed by atoms with Gasteiger partial charge < -0.3 is 0 Å². The van der Waals surface area contributed by atoms with E-state index in [1.807, 2.05) is 11.4 Å². The van der Waals surface area contributed by atoms with Gasteiger partial charge in [-0.2, -0.15) is 0 Å². The molecule has 0 saturated heterocycles. The van der Waals surface area contributed by atoms with Gasteiger partial charge in [0.15, 0.2) is 5.82 Å². The predicted molar refractivity (Wildman–Crippen MR) is 63.1 cm³/mol. The molecule has 0 saturated carbocycles. The Labute approximate surface area is 103 Å². The molecular formula is C8H3BrCl2N2S. The first-order valence-corrected chi connectivity index (χ1v) is 6.02. The molecule has 2 heterocycles. The lowest BCUT2D eigenvalue weighted by Crippen LogP contribution is -1.87. The lowest BCUT2D eigenvalue weighted by molar-refractivity contribution is 1.18. The lowest BCUT2D eigenvalue weighted by Gasteiger charge is -1.97. The molecule has 0 unspecified atom stereocenters. The third kappa shape index (κ3) is 2.25. The van der Waals surface area contributed by atoms with E-state index in [0.717, 1.165) is 9.35 Å². The molecule has 0 bridgehead atoms. The van der Waals surface area contributed by atoms with Gasteiger partial charge in [0.1, 0.15) is 10.3 Å². The van der Waals surface area contributed by atoms with Crippen molar-refractivity contribution in [1.29, 1.82) is 0 Å². The van der Waals surface area contributed by atoms with Crippen LogP contribution in [0, 0.1) is 0 Å². The molecule has 14 heavy (non-hydrogen) atoms. The number of rotatable bonds is 1. The quantitative estimate of drug-likeness (QED) is 0.735. The van der Waals surface area contributed by atoms with Crippen LogP contribution in [-0.4, -0.2) is 9.97 Å². The number of hydrogen-bond donors (Lipinski definition) is 0. The van der Waals surface area contributed by atoms with Crippen LogP contribution in [0.3, 0.4) is 0 Å². The SMILES string of the molecule is Clc1cc(Cl)nc(-c2csc(Br)c2)n1. The van der Waals surface area contributed by atoms with Crippen LogP contribution < -0.4 is 0 Å². The van der Waals surface area contributed by atoms with Crippen molar-refractivity contribution in [3.8, 4) is 11.4 Å². The minimum absolute atomic E-state index is 0.349. The van der Waals surface area contributed by atoms with E-state index in [4.69, 9.17) is 23.2 Å². The molecule has 0 aliphatic rings. The average molecular weight is 310 g/mol. The molecule has 0 aliphatic carbocycles. The summed E-state index contributed by atoms with van der Waals surface area (Å²) < 4.78 is 1.02. The van der Waals surface area contributed by atoms with Crippen molar-refractivity contribution in [2.24, 2.45) is 0 Å². The average Bonchev–Trinajstić information content (AvgIpc) is 2.50. The zero-order chi connectivity index (χ0) is 10.1. The van der Waals surface area contributed by atoms with Crippen molar-refractivity contribution < 1.29 is 0 Å². The molecule has 2 aromatic rings. The molecule has 0 atom stereocenters. The lowest BCUT2D eigenvalue weighted by atomic mass is 10.3. The van der Waals surface area contributed by atoms with Gasteiger partial charge in [0.05, 0.1) is 3.79 Å². The molecule has 2 rings (SSSR count). The summed E-state index contributed by atoms with van der Waals surface area (Å²) in [6.07, 6.45) is 0. The van der Waals surface area contributed by atoms with Gasteiger partial charge in [-0.3, -0.25) is 0 Å². The summed E-state index contributed by atoms with van der Waals surface area (Å²) in [6.45, 7) is 0. The molecule has 2 aromatic heterocycles. The van der Waals surface area contributed by atoms with Crippen LogP contribution in [0.25, 0.3) is 11.4 Å². The summed E-state index contributed by atoms with van der Waals surface area (Å²) in [5.41, 5.74) is 0.909. The molecule has 0 spiro atoms. The van der Waals surface area contributed by atoms with Crippen LogP contribution in [0.5, 0.6) is 0 Å². The van der Waals surface area contributed by atoms with Crippen LogP contribution in [0.1, 0.15) is 0 Å². The summed E-state index contributed by atoms with van der Waals surface area (Å²) in [6, 6.07) is 3.43. The van der Waals surface area contributed by atoms with E-state index >= 15 is 0 Å². The first-order valence-electron chi connectivity index (χ1n) is 3.59. The van der Waals surface area contributed by atoms with Gasteiger partial charge in [-0.1, -0.05) is 23.2 Å². The third-order valence-electron chi connectivity index (χ3n) is 1.49. The normalized spacial score (nSPS) is 10.5. The van der Waals surface area contributed by atoms with Gasteiger partial charge in [0.2, 0.25) is 0 Å². The van der Waals surface area contributed by atoms with E-state index in [0.29, 0.717) is 16.1 Å². The highest BCUT2D eigenvalue weighted by atomic mass is 79.9. The summed E-state index contributed by atoms with van der Waals surface area (Å²) in [4.78, 5) is 8.15. The summed E-state index contributed by atoms with van der Waals surface area (Å²) >= 11 is 16.5. The molecule has 0 N–H and O–H groups in total. The fourth-order valence-electron chi connectivity index (χ4n) is 0.947. The standard InChI is InChI=1S/C8H3BrCl2N2S/c9-5-1-4(3-14-5)8-12-6(10)2-7(11)13-8/h1-3H. The first-order chi connectivity index (χ1) is 6.65. The Bertz CT molecular complexity index is 452. The van der Waals surface area contributed by atoms with Crippen molar-refractivity contribution in [1.82, 2.24) is 9.97 Å².